The zero-order chi connectivity index (χ0) is 17.5. The van der Waals surface area contributed by atoms with Crippen LogP contribution in [0.5, 0.6) is 0 Å². The van der Waals surface area contributed by atoms with Crippen LogP contribution in [0.3, 0.4) is 0 Å². The van der Waals surface area contributed by atoms with E-state index in [1.807, 2.05) is 24.3 Å². The van der Waals surface area contributed by atoms with Gasteiger partial charge in [0.25, 0.3) is 0 Å². The molecule has 0 aliphatic heterocycles. The van der Waals surface area contributed by atoms with Crippen molar-refractivity contribution in [2.24, 2.45) is 0 Å². The molecule has 0 atom stereocenters. The van der Waals surface area contributed by atoms with Crippen molar-refractivity contribution in [1.82, 2.24) is 20.5 Å². The Morgan fingerprint density at radius 2 is 2.08 bits per heavy atom. The third kappa shape index (κ3) is 5.46. The van der Waals surface area contributed by atoms with Gasteiger partial charge in [-0.25, -0.2) is 4.98 Å². The van der Waals surface area contributed by atoms with E-state index in [4.69, 9.17) is 0 Å². The second kappa shape index (κ2) is 8.85. The molecule has 1 aromatic carbocycles. The molecule has 0 spiro atoms. The molecule has 1 saturated carbocycles. The maximum Gasteiger partial charge on any atom is 0.230 e. The summed E-state index contributed by atoms with van der Waals surface area (Å²) in [5.41, 5.74) is 2.37. The summed E-state index contributed by atoms with van der Waals surface area (Å²) in [5, 5.41) is 10.8. The van der Waals surface area contributed by atoms with Crippen LogP contribution < -0.4 is 5.32 Å². The quantitative estimate of drug-likeness (QED) is 0.772. The third-order valence-electron chi connectivity index (χ3n) is 4.39. The largest absolute Gasteiger partial charge is 0.353 e. The average molecular weight is 356 g/mol. The molecule has 0 bridgehead atoms. The molecule has 2 N–H and O–H groups in total. The van der Waals surface area contributed by atoms with Gasteiger partial charge in [-0.3, -0.25) is 9.89 Å². The van der Waals surface area contributed by atoms with Crippen LogP contribution in [-0.4, -0.2) is 32.9 Å². The lowest BCUT2D eigenvalue weighted by Crippen LogP contribution is -2.37. The van der Waals surface area contributed by atoms with Crippen LogP contribution in [0.4, 0.5) is 0 Å². The Balaban J connectivity index is 1.48. The first kappa shape index (κ1) is 17.7. The van der Waals surface area contributed by atoms with Crippen molar-refractivity contribution in [3.8, 4) is 0 Å². The molecule has 0 unspecified atom stereocenters. The van der Waals surface area contributed by atoms with E-state index in [9.17, 15) is 4.79 Å². The van der Waals surface area contributed by atoms with Crippen molar-refractivity contribution in [3.63, 3.8) is 0 Å². The van der Waals surface area contributed by atoms with Gasteiger partial charge in [-0.2, -0.15) is 0 Å². The second-order valence-corrected chi connectivity index (χ2v) is 7.33. The minimum Gasteiger partial charge on any atom is -0.353 e. The zero-order valence-corrected chi connectivity index (χ0v) is 15.3. The van der Waals surface area contributed by atoms with E-state index in [-0.39, 0.29) is 5.91 Å². The predicted octanol–water partition coefficient (Wildman–Crippen LogP) is 3.82. The molecule has 1 heterocycles. The van der Waals surface area contributed by atoms with E-state index < -0.39 is 0 Å². The summed E-state index contributed by atoms with van der Waals surface area (Å²) in [4.78, 5) is 16.4. The predicted molar refractivity (Wildman–Crippen MR) is 102 cm³/mol. The van der Waals surface area contributed by atoms with E-state index >= 15 is 0 Å². The van der Waals surface area contributed by atoms with Crippen LogP contribution >= 0.6 is 11.8 Å². The molecule has 0 saturated heterocycles. The Bertz CT molecular complexity index is 735. The number of carbonyl (C=O) groups is 1. The first-order valence-corrected chi connectivity index (χ1v) is 9.77. The molecule has 0 radical (unpaired) electrons. The lowest BCUT2D eigenvalue weighted by atomic mass is 9.95. The molecule has 1 amide bonds. The van der Waals surface area contributed by atoms with Crippen molar-refractivity contribution in [2.45, 2.75) is 50.2 Å². The van der Waals surface area contributed by atoms with Crippen molar-refractivity contribution < 1.29 is 4.79 Å². The normalized spacial score (nSPS) is 15.6. The molecular weight excluding hydrogens is 332 g/mol. The van der Waals surface area contributed by atoms with Gasteiger partial charge in [0.1, 0.15) is 5.82 Å². The van der Waals surface area contributed by atoms with Gasteiger partial charge in [0, 0.05) is 6.04 Å². The topological polar surface area (TPSA) is 70.7 Å². The molecule has 1 aromatic heterocycles. The molecule has 132 valence electrons. The smallest absolute Gasteiger partial charge is 0.230 e. The Kier molecular flexibility index (Phi) is 6.28. The van der Waals surface area contributed by atoms with Crippen LogP contribution in [-0.2, 0) is 4.79 Å². The summed E-state index contributed by atoms with van der Waals surface area (Å²) >= 11 is 1.36. The number of aryl methyl sites for hydroxylation is 1. The van der Waals surface area contributed by atoms with E-state index in [1.165, 1.54) is 36.6 Å². The monoisotopic (exact) mass is 356 g/mol. The number of hydrogen-bond donors (Lipinski definition) is 2. The number of thioether (sulfide) groups is 1. The number of H-pyrrole nitrogens is 1. The number of rotatable bonds is 6. The minimum atomic E-state index is 0.0682. The van der Waals surface area contributed by atoms with Gasteiger partial charge in [0.15, 0.2) is 0 Å². The van der Waals surface area contributed by atoms with Crippen molar-refractivity contribution in [2.75, 3.05) is 5.75 Å². The molecule has 25 heavy (non-hydrogen) atoms. The number of aromatic amines is 1. The summed E-state index contributed by atoms with van der Waals surface area (Å²) in [5.74, 6) is 1.12. The average Bonchev–Trinajstić information content (AvgIpc) is 3.08. The fraction of sp³-hybridized carbons (Fsp3) is 0.421. The summed E-state index contributed by atoms with van der Waals surface area (Å²) in [7, 11) is 0. The highest BCUT2D eigenvalue weighted by Crippen LogP contribution is 2.18. The van der Waals surface area contributed by atoms with Gasteiger partial charge in [-0.05, 0) is 37.0 Å². The van der Waals surface area contributed by atoms with Gasteiger partial charge in [-0.15, -0.1) is 5.10 Å². The molecule has 6 heteroatoms. The standard InChI is InChI=1S/C19H24N4OS/c1-14-7-5-6-8-15(14)11-12-17-21-19(23-22-17)25-13-18(24)20-16-9-3-2-4-10-16/h5-8,11-12,16H,2-4,9-10,13H2,1H3,(H,20,24)(H,21,22,23)/b12-11+. The fourth-order valence-electron chi connectivity index (χ4n) is 2.99. The van der Waals surface area contributed by atoms with Crippen LogP contribution in [0.25, 0.3) is 12.2 Å². The molecule has 2 aromatic rings. The van der Waals surface area contributed by atoms with Gasteiger partial charge < -0.3 is 5.32 Å². The first-order valence-electron chi connectivity index (χ1n) is 8.79. The molecule has 1 fully saturated rings. The summed E-state index contributed by atoms with van der Waals surface area (Å²) in [6, 6.07) is 8.52. The Labute approximate surface area is 152 Å². The maximum atomic E-state index is 12.0. The second-order valence-electron chi connectivity index (χ2n) is 6.38. The van der Waals surface area contributed by atoms with Crippen LogP contribution in [0.1, 0.15) is 49.1 Å². The number of amides is 1. The molecule has 5 nitrogen and oxygen atoms in total. The van der Waals surface area contributed by atoms with E-state index in [0.717, 1.165) is 18.4 Å². The number of nitrogens with zero attached hydrogens (tertiary/aromatic N) is 2. The SMILES string of the molecule is Cc1ccccc1/C=C/c1nc(SCC(=O)NC2CCCCC2)n[nH]1. The fourth-order valence-corrected chi connectivity index (χ4v) is 3.60. The molecule has 1 aliphatic carbocycles. The zero-order valence-electron chi connectivity index (χ0n) is 14.5. The minimum absolute atomic E-state index is 0.0682. The summed E-state index contributed by atoms with van der Waals surface area (Å²) in [6.45, 7) is 2.08. The summed E-state index contributed by atoms with van der Waals surface area (Å²) < 4.78 is 0. The molecule has 1 aliphatic rings. The van der Waals surface area contributed by atoms with E-state index in [0.29, 0.717) is 22.8 Å². The lowest BCUT2D eigenvalue weighted by molar-refractivity contribution is -0.119. The number of aromatic nitrogens is 3. The van der Waals surface area contributed by atoms with Gasteiger partial charge >= 0.3 is 0 Å². The third-order valence-corrected chi connectivity index (χ3v) is 5.24. The number of nitrogens with one attached hydrogen (secondary N) is 2. The Hall–Kier alpha value is -2.08. The Morgan fingerprint density at radius 3 is 2.88 bits per heavy atom. The molecule has 3 rings (SSSR count). The van der Waals surface area contributed by atoms with E-state index in [2.05, 4.69) is 39.6 Å². The van der Waals surface area contributed by atoms with E-state index in [1.54, 1.807) is 0 Å². The lowest BCUT2D eigenvalue weighted by Gasteiger charge is -2.22. The van der Waals surface area contributed by atoms with Gasteiger partial charge in [0.05, 0.1) is 5.75 Å². The number of hydrogen-bond acceptors (Lipinski definition) is 4. The van der Waals surface area contributed by atoms with Crippen molar-refractivity contribution in [1.29, 1.82) is 0 Å². The van der Waals surface area contributed by atoms with Gasteiger partial charge in [0.2, 0.25) is 11.1 Å². The highest BCUT2D eigenvalue weighted by Gasteiger charge is 2.16. The van der Waals surface area contributed by atoms with Gasteiger partial charge in [-0.1, -0.05) is 61.4 Å². The highest BCUT2D eigenvalue weighted by atomic mass is 32.2. The number of benzene rings is 1. The van der Waals surface area contributed by atoms with Crippen molar-refractivity contribution >= 4 is 29.8 Å². The summed E-state index contributed by atoms with van der Waals surface area (Å²) in [6.07, 6.45) is 9.85. The Morgan fingerprint density at radius 1 is 1.28 bits per heavy atom. The molecular formula is C19H24N4OS. The van der Waals surface area contributed by atoms with Crippen LogP contribution in [0, 0.1) is 6.92 Å². The number of carbonyl (C=O) groups excluding carboxylic acids is 1. The van der Waals surface area contributed by atoms with Crippen molar-refractivity contribution in [3.05, 3.63) is 41.2 Å². The first-order chi connectivity index (χ1) is 12.2. The van der Waals surface area contributed by atoms with Crippen LogP contribution in [0.15, 0.2) is 29.4 Å². The maximum absolute atomic E-state index is 12.0. The highest BCUT2D eigenvalue weighted by molar-refractivity contribution is 7.99. The van der Waals surface area contributed by atoms with Crippen LogP contribution in [0.2, 0.25) is 0 Å².